The fraction of sp³-hybridized carbons (Fsp3) is 0.571. The van der Waals surface area contributed by atoms with E-state index in [2.05, 4.69) is 43.8 Å². The van der Waals surface area contributed by atoms with Gasteiger partial charge in [0, 0.05) is 10.6 Å². The van der Waals surface area contributed by atoms with Crippen molar-refractivity contribution in [3.63, 3.8) is 0 Å². The van der Waals surface area contributed by atoms with Crippen molar-refractivity contribution in [3.8, 4) is 0 Å². The molecule has 0 amide bonds. The molecule has 0 bridgehead atoms. The van der Waals surface area contributed by atoms with Crippen LogP contribution in [0.3, 0.4) is 0 Å². The van der Waals surface area contributed by atoms with Crippen LogP contribution < -0.4 is 0 Å². The van der Waals surface area contributed by atoms with Crippen LogP contribution in [0.25, 0.3) is 0 Å². The predicted molar refractivity (Wildman–Crippen MR) is 76.7 cm³/mol. The van der Waals surface area contributed by atoms with E-state index in [1.807, 2.05) is 11.8 Å². The lowest BCUT2D eigenvalue weighted by Gasteiger charge is -2.26. The summed E-state index contributed by atoms with van der Waals surface area (Å²) < 4.78 is 0. The van der Waals surface area contributed by atoms with E-state index >= 15 is 0 Å². The van der Waals surface area contributed by atoms with Gasteiger partial charge < -0.3 is 0 Å². The van der Waals surface area contributed by atoms with Gasteiger partial charge in [-0.1, -0.05) is 31.0 Å². The molecule has 2 heteroatoms. The molecular formula is C14H20S2. The highest BCUT2D eigenvalue weighted by Gasteiger charge is 2.32. The van der Waals surface area contributed by atoms with Gasteiger partial charge in [0.2, 0.25) is 0 Å². The second-order valence-electron chi connectivity index (χ2n) is 4.92. The first kappa shape index (κ1) is 12.4. The first-order chi connectivity index (χ1) is 7.76. The molecule has 0 aromatic heterocycles. The van der Waals surface area contributed by atoms with Gasteiger partial charge in [0.15, 0.2) is 0 Å². The summed E-state index contributed by atoms with van der Waals surface area (Å²) in [6, 6.07) is 8.69. The Labute approximate surface area is 109 Å². The highest BCUT2D eigenvalue weighted by Crippen LogP contribution is 2.43. The normalized spacial score (nSPS) is 18.9. The third kappa shape index (κ3) is 2.78. The highest BCUT2D eigenvalue weighted by molar-refractivity contribution is 7.99. The van der Waals surface area contributed by atoms with E-state index in [-0.39, 0.29) is 0 Å². The van der Waals surface area contributed by atoms with E-state index in [1.54, 1.807) is 0 Å². The molecule has 0 heterocycles. The van der Waals surface area contributed by atoms with Crippen molar-refractivity contribution < 1.29 is 0 Å². The van der Waals surface area contributed by atoms with Crippen molar-refractivity contribution in [1.29, 1.82) is 0 Å². The zero-order valence-electron chi connectivity index (χ0n) is 9.91. The fourth-order valence-corrected chi connectivity index (χ4v) is 4.32. The molecule has 0 spiro atoms. The zero-order chi connectivity index (χ0) is 11.4. The van der Waals surface area contributed by atoms with Crippen LogP contribution in [0.4, 0.5) is 0 Å². The van der Waals surface area contributed by atoms with E-state index in [9.17, 15) is 0 Å². The Morgan fingerprint density at radius 2 is 1.94 bits per heavy atom. The van der Waals surface area contributed by atoms with Gasteiger partial charge in [-0.15, -0.1) is 11.8 Å². The molecule has 1 aromatic rings. The van der Waals surface area contributed by atoms with Crippen LogP contribution >= 0.6 is 24.4 Å². The van der Waals surface area contributed by atoms with Crippen LogP contribution in [-0.2, 0) is 0 Å². The lowest BCUT2D eigenvalue weighted by molar-refractivity contribution is 0.403. The Bertz CT molecular complexity index is 340. The summed E-state index contributed by atoms with van der Waals surface area (Å²) in [7, 11) is 0. The van der Waals surface area contributed by atoms with Crippen molar-refractivity contribution in [2.75, 3.05) is 11.5 Å². The van der Waals surface area contributed by atoms with E-state index < -0.39 is 0 Å². The van der Waals surface area contributed by atoms with Gasteiger partial charge in [-0.2, -0.15) is 12.6 Å². The number of aryl methyl sites for hydroxylation is 1. The summed E-state index contributed by atoms with van der Waals surface area (Å²) in [6.45, 7) is 2.20. The molecule has 88 valence electrons. The minimum absolute atomic E-state index is 0.510. The lowest BCUT2D eigenvalue weighted by Crippen LogP contribution is -2.21. The smallest absolute Gasteiger partial charge is 0.0101 e. The maximum atomic E-state index is 4.56. The van der Waals surface area contributed by atoms with E-state index in [4.69, 9.17) is 0 Å². The summed E-state index contributed by atoms with van der Waals surface area (Å²) in [5.41, 5.74) is 1.91. The summed E-state index contributed by atoms with van der Waals surface area (Å²) >= 11 is 6.58. The SMILES string of the molecule is Cc1ccccc1SCC1(CS)CCCC1. The van der Waals surface area contributed by atoms with Crippen molar-refractivity contribution in [3.05, 3.63) is 29.8 Å². The number of rotatable bonds is 4. The van der Waals surface area contributed by atoms with Gasteiger partial charge in [0.05, 0.1) is 0 Å². The standard InChI is InChI=1S/C14H20S2/c1-12-6-2-3-7-13(12)16-11-14(10-15)8-4-5-9-14/h2-3,6-7,15H,4-5,8-11H2,1H3. The Balaban J connectivity index is 1.98. The van der Waals surface area contributed by atoms with Gasteiger partial charge in [0.1, 0.15) is 0 Å². The van der Waals surface area contributed by atoms with Gasteiger partial charge in [-0.3, -0.25) is 0 Å². The van der Waals surface area contributed by atoms with Gasteiger partial charge in [-0.25, -0.2) is 0 Å². The number of thioether (sulfide) groups is 1. The molecule has 2 rings (SSSR count). The minimum Gasteiger partial charge on any atom is -0.179 e. The third-order valence-electron chi connectivity index (χ3n) is 3.63. The van der Waals surface area contributed by atoms with Crippen LogP contribution in [-0.4, -0.2) is 11.5 Å². The Morgan fingerprint density at radius 1 is 1.25 bits per heavy atom. The lowest BCUT2D eigenvalue weighted by atomic mass is 9.91. The summed E-state index contributed by atoms with van der Waals surface area (Å²) in [4.78, 5) is 1.44. The van der Waals surface area contributed by atoms with E-state index in [0.29, 0.717) is 5.41 Å². The predicted octanol–water partition coefficient (Wildman–Crippen LogP) is 4.58. The monoisotopic (exact) mass is 252 g/mol. The van der Waals surface area contributed by atoms with Gasteiger partial charge >= 0.3 is 0 Å². The van der Waals surface area contributed by atoms with Crippen molar-refractivity contribution in [2.24, 2.45) is 5.41 Å². The zero-order valence-corrected chi connectivity index (χ0v) is 11.6. The van der Waals surface area contributed by atoms with Gasteiger partial charge in [0.25, 0.3) is 0 Å². The number of thiol groups is 1. The number of benzene rings is 1. The second kappa shape index (κ2) is 5.50. The molecule has 0 N–H and O–H groups in total. The minimum atomic E-state index is 0.510. The molecule has 0 saturated heterocycles. The van der Waals surface area contributed by atoms with Crippen LogP contribution in [0.1, 0.15) is 31.2 Å². The summed E-state index contributed by atoms with van der Waals surface area (Å²) in [6.07, 6.45) is 5.54. The largest absolute Gasteiger partial charge is 0.179 e. The van der Waals surface area contributed by atoms with Crippen LogP contribution in [0.15, 0.2) is 29.2 Å². The molecular weight excluding hydrogens is 232 g/mol. The van der Waals surface area contributed by atoms with Gasteiger partial charge in [-0.05, 0) is 42.6 Å². The van der Waals surface area contributed by atoms with Crippen LogP contribution in [0.2, 0.25) is 0 Å². The molecule has 0 atom stereocenters. The molecule has 1 saturated carbocycles. The topological polar surface area (TPSA) is 0 Å². The highest BCUT2D eigenvalue weighted by atomic mass is 32.2. The first-order valence-corrected chi connectivity index (χ1v) is 7.67. The molecule has 0 radical (unpaired) electrons. The Hall–Kier alpha value is -0.0800. The van der Waals surface area contributed by atoms with Crippen molar-refractivity contribution in [1.82, 2.24) is 0 Å². The molecule has 1 aliphatic rings. The maximum Gasteiger partial charge on any atom is 0.0101 e. The Morgan fingerprint density at radius 3 is 2.56 bits per heavy atom. The molecule has 16 heavy (non-hydrogen) atoms. The fourth-order valence-electron chi connectivity index (χ4n) is 2.42. The average molecular weight is 252 g/mol. The van der Waals surface area contributed by atoms with Crippen molar-refractivity contribution in [2.45, 2.75) is 37.5 Å². The molecule has 0 nitrogen and oxygen atoms in total. The second-order valence-corrected chi connectivity index (χ2v) is 6.25. The maximum absolute atomic E-state index is 4.56. The summed E-state index contributed by atoms with van der Waals surface area (Å²) in [5.74, 6) is 2.28. The molecule has 1 fully saturated rings. The van der Waals surface area contributed by atoms with E-state index in [1.165, 1.54) is 41.9 Å². The first-order valence-electron chi connectivity index (χ1n) is 6.05. The summed E-state index contributed by atoms with van der Waals surface area (Å²) in [5, 5.41) is 0. The number of hydrogen-bond donors (Lipinski definition) is 1. The quantitative estimate of drug-likeness (QED) is 0.604. The molecule has 0 aliphatic heterocycles. The molecule has 1 aliphatic carbocycles. The van der Waals surface area contributed by atoms with Crippen molar-refractivity contribution >= 4 is 24.4 Å². The third-order valence-corrected chi connectivity index (χ3v) is 5.82. The average Bonchev–Trinajstić information content (AvgIpc) is 2.78. The van der Waals surface area contributed by atoms with Crippen LogP contribution in [0.5, 0.6) is 0 Å². The van der Waals surface area contributed by atoms with E-state index in [0.717, 1.165) is 5.75 Å². The number of hydrogen-bond acceptors (Lipinski definition) is 2. The molecule has 1 aromatic carbocycles. The Kier molecular flexibility index (Phi) is 4.26. The van der Waals surface area contributed by atoms with Crippen LogP contribution in [0, 0.1) is 12.3 Å². The molecule has 0 unspecified atom stereocenters.